The van der Waals surface area contributed by atoms with Crippen molar-refractivity contribution < 1.29 is 19.1 Å². The second-order valence-electron chi connectivity index (χ2n) is 4.38. The van der Waals surface area contributed by atoms with Crippen LogP contribution in [0.2, 0.25) is 0 Å². The molecule has 1 saturated heterocycles. The van der Waals surface area contributed by atoms with Crippen molar-refractivity contribution >= 4 is 55.5 Å². The lowest BCUT2D eigenvalue weighted by Gasteiger charge is -2.15. The predicted molar refractivity (Wildman–Crippen MR) is 87.2 cm³/mol. The maximum atomic E-state index is 11.7. The number of hydrogen-bond acceptors (Lipinski definition) is 4. The third-order valence-electron chi connectivity index (χ3n) is 2.79. The smallest absolute Gasteiger partial charge is 0.304 e. The van der Waals surface area contributed by atoms with Gasteiger partial charge in [0.15, 0.2) is 6.61 Å². The topological polar surface area (TPSA) is 63.7 Å². The molecule has 0 atom stereocenters. The summed E-state index contributed by atoms with van der Waals surface area (Å²) in [7, 11) is 0. The van der Waals surface area contributed by atoms with E-state index in [0.29, 0.717) is 0 Å². The van der Waals surface area contributed by atoms with Crippen LogP contribution in [0.15, 0.2) is 28.7 Å². The normalized spacial score (nSPS) is 13.1. The van der Waals surface area contributed by atoms with Crippen molar-refractivity contribution in [1.82, 2.24) is 4.90 Å². The third kappa shape index (κ3) is 7.24. The zero-order valence-corrected chi connectivity index (χ0v) is 14.7. The predicted octanol–water partition coefficient (Wildman–Crippen LogP) is 2.97. The van der Waals surface area contributed by atoms with Crippen molar-refractivity contribution in [2.75, 3.05) is 19.7 Å². The molecule has 1 amide bonds. The average Bonchev–Trinajstić information content (AvgIpc) is 3.01. The highest BCUT2D eigenvalue weighted by molar-refractivity contribution is 9.10. The molecule has 0 N–H and O–H groups in total. The molecule has 8 heteroatoms. The second-order valence-corrected chi connectivity index (χ2v) is 5.98. The summed E-state index contributed by atoms with van der Waals surface area (Å²) in [6.07, 6.45) is 2.23. The number of carbonyl (C=O) groups excluding carboxylic acids is 3. The van der Waals surface area contributed by atoms with E-state index in [1.165, 1.54) is 0 Å². The van der Waals surface area contributed by atoms with E-state index in [-0.39, 0.29) is 12.5 Å². The molecule has 0 saturated carbocycles. The lowest BCUT2D eigenvalue weighted by atomic mass is 10.3. The van der Waals surface area contributed by atoms with Crippen molar-refractivity contribution in [1.29, 1.82) is 0 Å². The molecule has 1 heterocycles. The molecule has 0 radical (unpaired) electrons. The molecule has 0 unspecified atom stereocenters. The number of rotatable bonds is 4. The molecule has 0 aromatic heterocycles. The first-order chi connectivity index (χ1) is 10.4. The number of amides is 1. The largest absolute Gasteiger partial charge is 0.484 e. The molecule has 1 aliphatic heterocycles. The van der Waals surface area contributed by atoms with Crippen molar-refractivity contribution in [3.8, 4) is 5.75 Å². The van der Waals surface area contributed by atoms with Crippen LogP contribution in [0.25, 0.3) is 0 Å². The van der Waals surface area contributed by atoms with Crippen LogP contribution in [0.4, 0.5) is 0 Å². The second kappa shape index (κ2) is 9.82. The lowest BCUT2D eigenvalue weighted by Crippen LogP contribution is -2.32. The Bertz CT molecular complexity index is 518. The molecule has 1 aromatic rings. The monoisotopic (exact) mass is 409 g/mol. The van der Waals surface area contributed by atoms with E-state index in [4.69, 9.17) is 4.74 Å². The van der Waals surface area contributed by atoms with Crippen LogP contribution in [-0.4, -0.2) is 41.0 Å². The summed E-state index contributed by atoms with van der Waals surface area (Å²) in [6, 6.07) is 7.49. The molecule has 2 rings (SSSR count). The first-order valence-corrected chi connectivity index (χ1v) is 8.00. The van der Waals surface area contributed by atoms with Gasteiger partial charge in [0, 0.05) is 17.6 Å². The fourth-order valence-corrected chi connectivity index (χ4v) is 2.00. The van der Waals surface area contributed by atoms with E-state index >= 15 is 0 Å². The van der Waals surface area contributed by atoms with Gasteiger partial charge in [0.05, 0.1) is 0 Å². The van der Waals surface area contributed by atoms with Crippen LogP contribution in [0.5, 0.6) is 5.75 Å². The summed E-state index contributed by atoms with van der Waals surface area (Å²) < 4.78 is 6.43. The van der Waals surface area contributed by atoms with Gasteiger partial charge in [0.25, 0.3) is 5.91 Å². The van der Waals surface area contributed by atoms with Gasteiger partial charge in [-0.15, -0.1) is 0 Å². The van der Waals surface area contributed by atoms with E-state index in [9.17, 15) is 14.4 Å². The van der Waals surface area contributed by atoms with Gasteiger partial charge in [-0.1, -0.05) is 15.9 Å². The maximum Gasteiger partial charge on any atom is 0.304 e. The Labute approximate surface area is 146 Å². The number of halogens is 3. The lowest BCUT2D eigenvalue weighted by molar-refractivity contribution is -0.132. The highest BCUT2D eigenvalue weighted by Gasteiger charge is 2.17. The van der Waals surface area contributed by atoms with Gasteiger partial charge in [0.1, 0.15) is 5.75 Å². The van der Waals surface area contributed by atoms with Gasteiger partial charge in [-0.05, 0) is 60.3 Å². The summed E-state index contributed by atoms with van der Waals surface area (Å²) in [5.41, 5.74) is 0. The number of likely N-dealkylation sites (tertiary alicyclic amines) is 1. The summed E-state index contributed by atoms with van der Waals surface area (Å²) in [4.78, 5) is 32.4. The zero-order chi connectivity index (χ0) is 16.5. The molecule has 0 bridgehead atoms. The van der Waals surface area contributed by atoms with Crippen LogP contribution >= 0.6 is 39.1 Å². The quantitative estimate of drug-likeness (QED) is 0.565. The first-order valence-electron chi connectivity index (χ1n) is 6.45. The van der Waals surface area contributed by atoms with Crippen LogP contribution in [-0.2, 0) is 14.4 Å². The van der Waals surface area contributed by atoms with Gasteiger partial charge in [-0.3, -0.25) is 14.4 Å². The molecule has 120 valence electrons. The van der Waals surface area contributed by atoms with E-state index < -0.39 is 10.5 Å². The minimum atomic E-state index is -1.14. The van der Waals surface area contributed by atoms with E-state index in [0.717, 1.165) is 36.2 Å². The molecule has 5 nitrogen and oxygen atoms in total. The highest BCUT2D eigenvalue weighted by atomic mass is 79.9. The summed E-state index contributed by atoms with van der Waals surface area (Å²) >= 11 is 12.3. The van der Waals surface area contributed by atoms with Crippen LogP contribution in [0.1, 0.15) is 12.8 Å². The van der Waals surface area contributed by atoms with Crippen molar-refractivity contribution in [2.45, 2.75) is 12.8 Å². The number of nitrogens with zero attached hydrogens (tertiary/aromatic N) is 1. The molecule has 0 spiro atoms. The van der Waals surface area contributed by atoms with Gasteiger partial charge >= 0.3 is 10.5 Å². The highest BCUT2D eigenvalue weighted by Crippen LogP contribution is 2.16. The Morgan fingerprint density at radius 3 is 2.00 bits per heavy atom. The first kappa shape index (κ1) is 18.9. The van der Waals surface area contributed by atoms with Crippen LogP contribution in [0, 0.1) is 0 Å². The number of carbonyl (C=O) groups is 3. The molecule has 0 aliphatic carbocycles. The van der Waals surface area contributed by atoms with Crippen molar-refractivity contribution in [2.24, 2.45) is 0 Å². The van der Waals surface area contributed by atoms with Crippen LogP contribution < -0.4 is 4.74 Å². The van der Waals surface area contributed by atoms with Gasteiger partial charge < -0.3 is 9.64 Å². The van der Waals surface area contributed by atoms with E-state index in [1.54, 1.807) is 0 Å². The summed E-state index contributed by atoms with van der Waals surface area (Å²) in [5, 5.41) is -2.28. The van der Waals surface area contributed by atoms with Gasteiger partial charge in [0.2, 0.25) is 0 Å². The molecule has 22 heavy (non-hydrogen) atoms. The zero-order valence-electron chi connectivity index (χ0n) is 11.6. The number of ether oxygens (including phenoxy) is 1. The van der Waals surface area contributed by atoms with E-state index in [1.807, 2.05) is 29.2 Å². The minimum absolute atomic E-state index is 0.0837. The fraction of sp³-hybridized carbons (Fsp3) is 0.357. The van der Waals surface area contributed by atoms with Gasteiger partial charge in [-0.2, -0.15) is 0 Å². The molecular weight excluding hydrogens is 397 g/mol. The number of hydrogen-bond donors (Lipinski definition) is 0. The van der Waals surface area contributed by atoms with Crippen molar-refractivity contribution in [3.05, 3.63) is 28.7 Å². The average molecular weight is 411 g/mol. The Balaban J connectivity index is 0.000000346. The standard InChI is InChI=1S/C12H14BrNO2.C2Cl2O2/c13-10-3-5-11(6-4-10)16-9-12(15)14-7-1-2-8-14;3-1(5)2(4)6/h3-6H,1-2,7-9H2;. The SMILES string of the molecule is O=C(COc1ccc(Br)cc1)N1CCCC1.O=C(Cl)C(=O)Cl. The molecule has 1 aliphatic rings. The molecule has 1 fully saturated rings. The fourth-order valence-electron chi connectivity index (χ4n) is 1.73. The van der Waals surface area contributed by atoms with Gasteiger partial charge in [-0.25, -0.2) is 0 Å². The van der Waals surface area contributed by atoms with Crippen LogP contribution in [0.3, 0.4) is 0 Å². The van der Waals surface area contributed by atoms with Crippen molar-refractivity contribution in [3.63, 3.8) is 0 Å². The maximum absolute atomic E-state index is 11.7. The Morgan fingerprint density at radius 1 is 1.05 bits per heavy atom. The Morgan fingerprint density at radius 2 is 1.55 bits per heavy atom. The molecule has 1 aromatic carbocycles. The Kier molecular flexibility index (Phi) is 8.45. The number of benzene rings is 1. The van der Waals surface area contributed by atoms with E-state index in [2.05, 4.69) is 39.1 Å². The minimum Gasteiger partial charge on any atom is -0.484 e. The summed E-state index contributed by atoms with van der Waals surface area (Å²) in [6.45, 7) is 1.90. The summed E-state index contributed by atoms with van der Waals surface area (Å²) in [5.74, 6) is 0.816. The third-order valence-corrected chi connectivity index (χ3v) is 3.76. The Hall–Kier alpha value is -1.11. The molecular formula is C14H14BrCl2NO4.